The lowest BCUT2D eigenvalue weighted by atomic mass is 10.2. The smallest absolute Gasteiger partial charge is 0.233 e. The first-order chi connectivity index (χ1) is 15.0. The van der Waals surface area contributed by atoms with E-state index < -0.39 is 0 Å². The zero-order chi connectivity index (χ0) is 22.2. The summed E-state index contributed by atoms with van der Waals surface area (Å²) in [5.74, 6) is 7.92. The molecule has 0 atom stereocenters. The lowest BCUT2D eigenvalue weighted by Gasteiger charge is -2.17. The predicted octanol–water partition coefficient (Wildman–Crippen LogP) is 3.59. The monoisotopic (exact) mass is 478 g/mol. The van der Waals surface area contributed by atoms with Crippen molar-refractivity contribution in [2.75, 3.05) is 24.7 Å². The van der Waals surface area contributed by atoms with Gasteiger partial charge in [-0.25, -0.2) is 9.66 Å². The van der Waals surface area contributed by atoms with Crippen molar-refractivity contribution in [1.29, 1.82) is 0 Å². The summed E-state index contributed by atoms with van der Waals surface area (Å²) >= 11 is 4.32. The fraction of sp³-hybridized carbons (Fsp3) is 0.400. The molecule has 0 fully saturated rings. The minimum Gasteiger partial charge on any atom is -0.486 e. The Morgan fingerprint density at radius 3 is 2.52 bits per heavy atom. The Morgan fingerprint density at radius 1 is 1.16 bits per heavy atom. The van der Waals surface area contributed by atoms with E-state index in [-0.39, 0.29) is 11.7 Å². The van der Waals surface area contributed by atoms with Crippen molar-refractivity contribution in [3.63, 3.8) is 0 Å². The molecule has 2 aromatic heterocycles. The summed E-state index contributed by atoms with van der Waals surface area (Å²) in [6, 6.07) is 7.96. The summed E-state index contributed by atoms with van der Waals surface area (Å²) < 4.78 is 7.21. The van der Waals surface area contributed by atoms with Crippen molar-refractivity contribution in [2.24, 2.45) is 0 Å². The molecule has 0 aliphatic heterocycles. The van der Waals surface area contributed by atoms with Crippen LogP contribution in [-0.4, -0.2) is 49.5 Å². The SMILES string of the molecule is CCN(CC)C(=O)CSc1nnc(SCc2csc(COc3ccc(C)cc3)n2)n1N. The summed E-state index contributed by atoms with van der Waals surface area (Å²) in [4.78, 5) is 18.5. The Labute approximate surface area is 194 Å². The van der Waals surface area contributed by atoms with Gasteiger partial charge in [-0.2, -0.15) is 0 Å². The number of aryl methyl sites for hydroxylation is 1. The topological polar surface area (TPSA) is 99.2 Å². The van der Waals surface area contributed by atoms with E-state index in [2.05, 4.69) is 15.2 Å². The molecule has 3 rings (SSSR count). The number of thioether (sulfide) groups is 2. The standard InChI is InChI=1S/C20H26N6O2S3/c1-4-25(5-2)18(27)13-31-20-24-23-19(26(20)21)30-12-15-11-29-17(22-15)10-28-16-8-6-14(3)7-9-16/h6-9,11H,4-5,10,12-13,21H2,1-3H3. The number of benzene rings is 1. The molecule has 1 amide bonds. The van der Waals surface area contributed by atoms with Crippen LogP contribution >= 0.6 is 34.9 Å². The lowest BCUT2D eigenvalue weighted by molar-refractivity contribution is -0.127. The maximum absolute atomic E-state index is 12.2. The zero-order valence-electron chi connectivity index (χ0n) is 17.8. The highest BCUT2D eigenvalue weighted by Gasteiger charge is 2.16. The van der Waals surface area contributed by atoms with Crippen molar-refractivity contribution in [3.05, 3.63) is 45.9 Å². The van der Waals surface area contributed by atoms with Crippen molar-refractivity contribution >= 4 is 40.8 Å². The normalized spacial score (nSPS) is 10.9. The van der Waals surface area contributed by atoms with Gasteiger partial charge in [-0.3, -0.25) is 4.79 Å². The highest BCUT2D eigenvalue weighted by Crippen LogP contribution is 2.25. The first-order valence-corrected chi connectivity index (χ1v) is 12.7. The highest BCUT2D eigenvalue weighted by atomic mass is 32.2. The van der Waals surface area contributed by atoms with Crippen LogP contribution in [0.25, 0.3) is 0 Å². The van der Waals surface area contributed by atoms with Crippen LogP contribution in [0.15, 0.2) is 40.0 Å². The fourth-order valence-electron chi connectivity index (χ4n) is 2.65. The highest BCUT2D eigenvalue weighted by molar-refractivity contribution is 8.00. The van der Waals surface area contributed by atoms with E-state index >= 15 is 0 Å². The average Bonchev–Trinajstić information content (AvgIpc) is 3.37. The number of nitrogen functional groups attached to an aromatic ring is 1. The minimum absolute atomic E-state index is 0.0649. The molecular formula is C20H26N6O2S3. The number of hydrogen-bond donors (Lipinski definition) is 1. The molecule has 31 heavy (non-hydrogen) atoms. The van der Waals surface area contributed by atoms with Crippen LogP contribution in [0.4, 0.5) is 0 Å². The molecule has 166 valence electrons. The summed E-state index contributed by atoms with van der Waals surface area (Å²) in [6.07, 6.45) is 0. The molecule has 0 unspecified atom stereocenters. The second-order valence-corrected chi connectivity index (χ2v) is 9.44. The number of nitrogens with two attached hydrogens (primary N) is 1. The molecule has 2 heterocycles. The van der Waals surface area contributed by atoms with Crippen LogP contribution in [0.5, 0.6) is 5.75 Å². The van der Waals surface area contributed by atoms with Gasteiger partial charge in [0.25, 0.3) is 0 Å². The van der Waals surface area contributed by atoms with Gasteiger partial charge in [0.2, 0.25) is 16.2 Å². The van der Waals surface area contributed by atoms with E-state index in [0.29, 0.717) is 35.8 Å². The number of rotatable bonds is 11. The van der Waals surface area contributed by atoms with E-state index in [0.717, 1.165) is 16.5 Å². The van der Waals surface area contributed by atoms with Gasteiger partial charge in [-0.15, -0.1) is 21.5 Å². The first-order valence-electron chi connectivity index (χ1n) is 9.86. The molecule has 0 radical (unpaired) electrons. The van der Waals surface area contributed by atoms with Crippen molar-refractivity contribution in [1.82, 2.24) is 24.8 Å². The summed E-state index contributed by atoms with van der Waals surface area (Å²) in [6.45, 7) is 7.79. The number of aromatic nitrogens is 4. The van der Waals surface area contributed by atoms with Gasteiger partial charge >= 0.3 is 0 Å². The quantitative estimate of drug-likeness (QED) is 0.330. The molecule has 0 bridgehead atoms. The first kappa shape index (κ1) is 23.4. The molecule has 2 N–H and O–H groups in total. The molecule has 0 saturated carbocycles. The molecule has 0 aliphatic carbocycles. The van der Waals surface area contributed by atoms with Crippen LogP contribution in [0, 0.1) is 6.92 Å². The third-order valence-corrected chi connectivity index (χ3v) is 7.18. The number of hydrogen-bond acceptors (Lipinski definition) is 9. The maximum Gasteiger partial charge on any atom is 0.233 e. The molecular weight excluding hydrogens is 452 g/mol. The number of carbonyl (C=O) groups excluding carboxylic acids is 1. The zero-order valence-corrected chi connectivity index (χ0v) is 20.2. The van der Waals surface area contributed by atoms with Crippen LogP contribution in [0.3, 0.4) is 0 Å². The van der Waals surface area contributed by atoms with Crippen molar-refractivity contribution in [3.8, 4) is 5.75 Å². The number of nitrogens with zero attached hydrogens (tertiary/aromatic N) is 5. The van der Waals surface area contributed by atoms with Crippen LogP contribution < -0.4 is 10.6 Å². The van der Waals surface area contributed by atoms with Crippen molar-refractivity contribution in [2.45, 2.75) is 43.4 Å². The van der Waals surface area contributed by atoms with Gasteiger partial charge in [0.15, 0.2) is 0 Å². The van der Waals surface area contributed by atoms with E-state index in [1.807, 2.05) is 50.4 Å². The second kappa shape index (κ2) is 11.4. The Morgan fingerprint density at radius 2 is 1.84 bits per heavy atom. The number of amides is 1. The van der Waals surface area contributed by atoms with Gasteiger partial charge in [0.05, 0.1) is 11.4 Å². The Balaban J connectivity index is 1.48. The van der Waals surface area contributed by atoms with Crippen molar-refractivity contribution < 1.29 is 9.53 Å². The Hall–Kier alpha value is -2.24. The number of ether oxygens (including phenoxy) is 1. The van der Waals surface area contributed by atoms with Crippen LogP contribution in [0.1, 0.15) is 30.1 Å². The van der Waals surface area contributed by atoms with Crippen LogP contribution in [-0.2, 0) is 17.2 Å². The lowest BCUT2D eigenvalue weighted by Crippen LogP contribution is -2.32. The van der Waals surface area contributed by atoms with E-state index in [4.69, 9.17) is 10.6 Å². The largest absolute Gasteiger partial charge is 0.486 e. The summed E-state index contributed by atoms with van der Waals surface area (Å²) in [5.41, 5.74) is 2.14. The van der Waals surface area contributed by atoms with Gasteiger partial charge < -0.3 is 15.5 Å². The number of thiazole rings is 1. The average molecular weight is 479 g/mol. The molecule has 3 aromatic rings. The third-order valence-electron chi connectivity index (χ3n) is 4.41. The van der Waals surface area contributed by atoms with Gasteiger partial charge in [-0.05, 0) is 32.9 Å². The minimum atomic E-state index is 0.0649. The summed E-state index contributed by atoms with van der Waals surface area (Å²) in [7, 11) is 0. The van der Waals surface area contributed by atoms with Gasteiger partial charge in [-0.1, -0.05) is 41.2 Å². The molecule has 0 saturated heterocycles. The van der Waals surface area contributed by atoms with Gasteiger partial charge in [0, 0.05) is 24.2 Å². The second-order valence-electron chi connectivity index (χ2n) is 6.61. The summed E-state index contributed by atoms with van der Waals surface area (Å²) in [5, 5.41) is 12.3. The number of carbonyl (C=O) groups is 1. The van der Waals surface area contributed by atoms with E-state index in [9.17, 15) is 4.79 Å². The van der Waals surface area contributed by atoms with Gasteiger partial charge in [0.1, 0.15) is 17.4 Å². The van der Waals surface area contributed by atoms with Crippen LogP contribution in [0.2, 0.25) is 0 Å². The van der Waals surface area contributed by atoms with E-state index in [1.54, 1.807) is 16.2 Å². The third kappa shape index (κ3) is 6.62. The van der Waals surface area contributed by atoms with E-state index in [1.165, 1.54) is 33.8 Å². The Bertz CT molecular complexity index is 985. The Kier molecular flexibility index (Phi) is 8.61. The molecule has 11 heteroatoms. The molecule has 0 spiro atoms. The molecule has 8 nitrogen and oxygen atoms in total. The fourth-order valence-corrected chi connectivity index (χ4v) is 5.03. The molecule has 1 aromatic carbocycles. The molecule has 0 aliphatic rings. The maximum atomic E-state index is 12.2. The predicted molar refractivity (Wildman–Crippen MR) is 126 cm³/mol.